The molecule has 0 aliphatic carbocycles. The largest absolute Gasteiger partial charge is 0.276 e. The molecule has 0 saturated heterocycles. The predicted molar refractivity (Wildman–Crippen MR) is 74.7 cm³/mol. The standard InChI is InChI=1S/C13H17N3O2S/c1-9-5-10(2)13(11(3)6-9)19(17,18)15-12-7-14-16(4)8-12/h5-8,15H,1-4H3. The summed E-state index contributed by atoms with van der Waals surface area (Å²) in [4.78, 5) is 0.335. The van der Waals surface area contributed by atoms with Gasteiger partial charge in [-0.05, 0) is 31.9 Å². The lowest BCUT2D eigenvalue weighted by molar-refractivity contribution is 0.600. The first-order valence-corrected chi connectivity index (χ1v) is 7.37. The first kappa shape index (κ1) is 13.6. The molecule has 0 spiro atoms. The van der Waals surface area contributed by atoms with E-state index in [2.05, 4.69) is 9.82 Å². The molecule has 102 valence electrons. The summed E-state index contributed by atoms with van der Waals surface area (Å²) in [7, 11) is -1.85. The van der Waals surface area contributed by atoms with Crippen LogP contribution in [0.1, 0.15) is 16.7 Å². The number of hydrogen-bond donors (Lipinski definition) is 1. The molecular formula is C13H17N3O2S. The molecule has 1 N–H and O–H groups in total. The van der Waals surface area contributed by atoms with Gasteiger partial charge in [-0.2, -0.15) is 5.10 Å². The van der Waals surface area contributed by atoms with Crippen LogP contribution in [0, 0.1) is 20.8 Å². The zero-order valence-electron chi connectivity index (χ0n) is 11.4. The third kappa shape index (κ3) is 2.78. The maximum Gasteiger partial charge on any atom is 0.262 e. The quantitative estimate of drug-likeness (QED) is 0.936. The van der Waals surface area contributed by atoms with E-state index in [0.29, 0.717) is 10.6 Å². The van der Waals surface area contributed by atoms with Gasteiger partial charge in [-0.1, -0.05) is 17.7 Å². The van der Waals surface area contributed by atoms with E-state index in [9.17, 15) is 8.42 Å². The van der Waals surface area contributed by atoms with Crippen molar-refractivity contribution < 1.29 is 8.42 Å². The molecule has 6 heteroatoms. The number of anilines is 1. The molecule has 0 atom stereocenters. The summed E-state index contributed by atoms with van der Waals surface area (Å²) in [6.07, 6.45) is 3.10. The average Bonchev–Trinajstić information content (AvgIpc) is 2.60. The highest BCUT2D eigenvalue weighted by Gasteiger charge is 2.20. The Kier molecular flexibility index (Phi) is 3.36. The zero-order valence-corrected chi connectivity index (χ0v) is 12.2. The first-order chi connectivity index (χ1) is 8.79. The molecule has 0 unspecified atom stereocenters. The second-order valence-electron chi connectivity index (χ2n) is 4.74. The van der Waals surface area contributed by atoms with Crippen molar-refractivity contribution in [2.24, 2.45) is 7.05 Å². The highest BCUT2D eigenvalue weighted by Crippen LogP contribution is 2.24. The Morgan fingerprint density at radius 1 is 1.16 bits per heavy atom. The van der Waals surface area contributed by atoms with Gasteiger partial charge in [-0.25, -0.2) is 8.42 Å². The molecule has 0 radical (unpaired) electrons. The van der Waals surface area contributed by atoms with Crippen LogP contribution < -0.4 is 4.72 Å². The van der Waals surface area contributed by atoms with Crippen LogP contribution in [0.25, 0.3) is 0 Å². The van der Waals surface area contributed by atoms with Gasteiger partial charge in [0.1, 0.15) is 0 Å². The van der Waals surface area contributed by atoms with Crippen LogP contribution in [0.3, 0.4) is 0 Å². The molecule has 5 nitrogen and oxygen atoms in total. The molecule has 0 amide bonds. The van der Waals surface area contributed by atoms with Crippen molar-refractivity contribution in [3.8, 4) is 0 Å². The number of nitrogens with zero attached hydrogens (tertiary/aromatic N) is 2. The minimum atomic E-state index is -3.58. The van der Waals surface area contributed by atoms with Gasteiger partial charge in [0.15, 0.2) is 0 Å². The van der Waals surface area contributed by atoms with Crippen molar-refractivity contribution in [3.63, 3.8) is 0 Å². The van der Waals surface area contributed by atoms with Crippen molar-refractivity contribution in [1.29, 1.82) is 0 Å². The minimum absolute atomic E-state index is 0.335. The molecule has 0 aliphatic heterocycles. The summed E-state index contributed by atoms with van der Waals surface area (Å²) in [5, 5.41) is 3.94. The van der Waals surface area contributed by atoms with E-state index >= 15 is 0 Å². The maximum atomic E-state index is 12.4. The normalized spacial score (nSPS) is 11.6. The number of aryl methyl sites for hydroxylation is 4. The highest BCUT2D eigenvalue weighted by molar-refractivity contribution is 7.92. The van der Waals surface area contributed by atoms with Crippen LogP contribution >= 0.6 is 0 Å². The summed E-state index contributed by atoms with van der Waals surface area (Å²) < 4.78 is 28.9. The molecule has 1 aromatic carbocycles. The van der Waals surface area contributed by atoms with Gasteiger partial charge >= 0.3 is 0 Å². The van der Waals surface area contributed by atoms with E-state index in [1.54, 1.807) is 31.8 Å². The number of nitrogens with one attached hydrogen (secondary N) is 1. The van der Waals surface area contributed by atoms with Gasteiger partial charge in [0.05, 0.1) is 16.8 Å². The van der Waals surface area contributed by atoms with Crippen LogP contribution in [-0.4, -0.2) is 18.2 Å². The van der Waals surface area contributed by atoms with Gasteiger partial charge in [0.2, 0.25) is 0 Å². The second-order valence-corrected chi connectivity index (χ2v) is 6.36. The van der Waals surface area contributed by atoms with E-state index in [1.807, 2.05) is 19.1 Å². The van der Waals surface area contributed by atoms with Crippen LogP contribution in [0.4, 0.5) is 5.69 Å². The smallest absolute Gasteiger partial charge is 0.262 e. The second kappa shape index (κ2) is 4.70. The predicted octanol–water partition coefficient (Wildman–Crippen LogP) is 2.15. The van der Waals surface area contributed by atoms with E-state index in [1.165, 1.54) is 6.20 Å². The van der Waals surface area contributed by atoms with Crippen LogP contribution in [0.5, 0.6) is 0 Å². The van der Waals surface area contributed by atoms with Gasteiger partial charge in [0, 0.05) is 13.2 Å². The molecule has 0 bridgehead atoms. The lowest BCUT2D eigenvalue weighted by Crippen LogP contribution is -2.15. The van der Waals surface area contributed by atoms with Crippen molar-refractivity contribution in [2.75, 3.05) is 4.72 Å². The van der Waals surface area contributed by atoms with E-state index in [4.69, 9.17) is 0 Å². The van der Waals surface area contributed by atoms with E-state index < -0.39 is 10.0 Å². The minimum Gasteiger partial charge on any atom is -0.276 e. The molecule has 2 rings (SSSR count). The van der Waals surface area contributed by atoms with Crippen molar-refractivity contribution in [3.05, 3.63) is 41.2 Å². The first-order valence-electron chi connectivity index (χ1n) is 5.89. The molecule has 0 fully saturated rings. The summed E-state index contributed by atoms with van der Waals surface area (Å²) >= 11 is 0. The average molecular weight is 279 g/mol. The molecular weight excluding hydrogens is 262 g/mol. The van der Waals surface area contributed by atoms with Crippen molar-refractivity contribution in [2.45, 2.75) is 25.7 Å². The lowest BCUT2D eigenvalue weighted by atomic mass is 10.1. The molecule has 0 aliphatic rings. The molecule has 2 aromatic rings. The molecule has 1 heterocycles. The Hall–Kier alpha value is -1.82. The fraction of sp³-hybridized carbons (Fsp3) is 0.308. The fourth-order valence-electron chi connectivity index (χ4n) is 2.27. The number of rotatable bonds is 3. The molecule has 0 saturated carbocycles. The Balaban J connectivity index is 2.45. The summed E-state index contributed by atoms with van der Waals surface area (Å²) in [6.45, 7) is 5.56. The molecule has 1 aromatic heterocycles. The summed E-state index contributed by atoms with van der Waals surface area (Å²) in [5.41, 5.74) is 3.00. The summed E-state index contributed by atoms with van der Waals surface area (Å²) in [6, 6.07) is 3.73. The third-order valence-corrected chi connectivity index (χ3v) is 4.52. The monoisotopic (exact) mass is 279 g/mol. The van der Waals surface area contributed by atoms with Crippen molar-refractivity contribution >= 4 is 15.7 Å². The Morgan fingerprint density at radius 3 is 2.21 bits per heavy atom. The SMILES string of the molecule is Cc1cc(C)c(S(=O)(=O)Nc2cnn(C)c2)c(C)c1. The lowest BCUT2D eigenvalue weighted by Gasteiger charge is -2.12. The van der Waals surface area contributed by atoms with Gasteiger partial charge in [0.25, 0.3) is 10.0 Å². The Labute approximate surface area is 113 Å². The third-order valence-electron chi connectivity index (χ3n) is 2.83. The number of benzene rings is 1. The van der Waals surface area contributed by atoms with Crippen molar-refractivity contribution in [1.82, 2.24) is 9.78 Å². The van der Waals surface area contributed by atoms with Crippen LogP contribution in [-0.2, 0) is 17.1 Å². The zero-order chi connectivity index (χ0) is 14.2. The van der Waals surface area contributed by atoms with Crippen LogP contribution in [0.15, 0.2) is 29.4 Å². The van der Waals surface area contributed by atoms with Gasteiger partial charge < -0.3 is 0 Å². The van der Waals surface area contributed by atoms with Crippen LogP contribution in [0.2, 0.25) is 0 Å². The van der Waals surface area contributed by atoms with Gasteiger partial charge in [-0.3, -0.25) is 9.40 Å². The Morgan fingerprint density at radius 2 is 1.74 bits per heavy atom. The number of hydrogen-bond acceptors (Lipinski definition) is 3. The summed E-state index contributed by atoms with van der Waals surface area (Å²) in [5.74, 6) is 0. The maximum absolute atomic E-state index is 12.4. The fourth-order valence-corrected chi connectivity index (χ4v) is 3.75. The molecule has 19 heavy (non-hydrogen) atoms. The van der Waals surface area contributed by atoms with E-state index in [0.717, 1.165) is 16.7 Å². The highest BCUT2D eigenvalue weighted by atomic mass is 32.2. The van der Waals surface area contributed by atoms with Gasteiger partial charge in [-0.15, -0.1) is 0 Å². The van der Waals surface area contributed by atoms with E-state index in [-0.39, 0.29) is 0 Å². The Bertz CT molecular complexity index is 694. The number of sulfonamides is 1. The number of aromatic nitrogens is 2. The topological polar surface area (TPSA) is 64.0 Å².